The third-order valence-electron chi connectivity index (χ3n) is 10.6. The zero-order chi connectivity index (χ0) is 34.3. The number of Topliss-reactive ketones (excluding diaryl/α,β-unsaturated/α-hetero) is 2. The molecular weight excluding hydrogens is 640 g/mol. The van der Waals surface area contributed by atoms with Gasteiger partial charge in [-0.2, -0.15) is 10.2 Å². The van der Waals surface area contributed by atoms with Crippen molar-refractivity contribution in [2.24, 2.45) is 10.8 Å². The van der Waals surface area contributed by atoms with E-state index in [9.17, 15) is 14.4 Å². The highest BCUT2D eigenvalue weighted by Gasteiger charge is 2.44. The predicted molar refractivity (Wildman–Crippen MR) is 191 cm³/mol. The average Bonchev–Trinajstić information content (AvgIpc) is 3.67. The van der Waals surface area contributed by atoms with E-state index in [2.05, 4.69) is 63.3 Å². The standard InChI is InChI=1S/C23H29N3O3.C15H23N3O.ClH/c1-22(2,3)26-15-18-13-23(14-19(27)20(18)24-26)9-11-25(12-10-23)21(28)29-16-17-7-5-4-6-8-17;1-14(2,3)18-10-11-8-15(4-6-16-7-5-15)9-12(19)13(11)17-18;/h4-8,15H,9-14,16H2,1-3H3;10,16H,4-9H2,1-3H3;1H. The highest BCUT2D eigenvalue weighted by Crippen LogP contribution is 2.44. The first-order valence-corrected chi connectivity index (χ1v) is 17.6. The van der Waals surface area contributed by atoms with Crippen molar-refractivity contribution in [2.75, 3.05) is 26.2 Å². The number of ether oxygens (including phenoxy) is 1. The lowest BCUT2D eigenvalue weighted by atomic mass is 9.67. The molecule has 2 spiro atoms. The Hall–Kier alpha value is -3.50. The highest BCUT2D eigenvalue weighted by molar-refractivity contribution is 5.97. The maximum atomic E-state index is 12.8. The molecule has 2 fully saturated rings. The van der Waals surface area contributed by atoms with Crippen molar-refractivity contribution in [1.29, 1.82) is 0 Å². The Morgan fingerprint density at radius 3 is 1.69 bits per heavy atom. The van der Waals surface area contributed by atoms with Crippen LogP contribution in [0.2, 0.25) is 0 Å². The van der Waals surface area contributed by atoms with E-state index >= 15 is 0 Å². The van der Waals surface area contributed by atoms with Crippen LogP contribution in [0.5, 0.6) is 0 Å². The summed E-state index contributed by atoms with van der Waals surface area (Å²) >= 11 is 0. The van der Waals surface area contributed by atoms with Crippen molar-refractivity contribution in [3.63, 3.8) is 0 Å². The first kappa shape index (κ1) is 36.8. The minimum absolute atomic E-state index is 0. The number of amides is 1. The second kappa shape index (κ2) is 14.0. The molecule has 2 aromatic heterocycles. The van der Waals surface area contributed by atoms with E-state index in [0.29, 0.717) is 31.6 Å². The molecule has 0 unspecified atom stereocenters. The van der Waals surface area contributed by atoms with Crippen molar-refractivity contribution in [2.45, 2.75) is 111 Å². The molecule has 3 aromatic rings. The zero-order valence-corrected chi connectivity index (χ0v) is 30.8. The maximum Gasteiger partial charge on any atom is 0.410 e. The smallest absolute Gasteiger partial charge is 0.410 e. The molecule has 4 aliphatic rings. The molecule has 0 radical (unpaired) electrons. The number of hydrogen-bond acceptors (Lipinski definition) is 7. The lowest BCUT2D eigenvalue weighted by Gasteiger charge is -2.42. The number of ketones is 2. The molecule has 2 aliphatic heterocycles. The van der Waals surface area contributed by atoms with Gasteiger partial charge < -0.3 is 15.0 Å². The summed E-state index contributed by atoms with van der Waals surface area (Å²) in [5, 5.41) is 12.5. The molecule has 10 nitrogen and oxygen atoms in total. The number of benzene rings is 1. The van der Waals surface area contributed by atoms with Crippen LogP contribution in [0, 0.1) is 10.8 Å². The fourth-order valence-corrected chi connectivity index (χ4v) is 7.65. The molecule has 2 aliphatic carbocycles. The molecule has 1 N–H and O–H groups in total. The van der Waals surface area contributed by atoms with Gasteiger partial charge in [-0.15, -0.1) is 12.4 Å². The largest absolute Gasteiger partial charge is 0.445 e. The molecule has 1 amide bonds. The van der Waals surface area contributed by atoms with Crippen LogP contribution in [0.15, 0.2) is 42.7 Å². The molecule has 0 atom stereocenters. The van der Waals surface area contributed by atoms with Gasteiger partial charge in [0.2, 0.25) is 0 Å². The van der Waals surface area contributed by atoms with Gasteiger partial charge in [0.1, 0.15) is 18.0 Å². The number of carbonyl (C=O) groups is 3. The molecule has 49 heavy (non-hydrogen) atoms. The van der Waals surface area contributed by atoms with Crippen molar-refractivity contribution >= 4 is 30.1 Å². The molecule has 0 saturated carbocycles. The van der Waals surface area contributed by atoms with E-state index in [-0.39, 0.29) is 58.6 Å². The summed E-state index contributed by atoms with van der Waals surface area (Å²) in [6, 6.07) is 9.70. The third kappa shape index (κ3) is 8.12. The number of piperidine rings is 2. The SMILES string of the molecule is CC(C)(C)n1cc2c(n1)C(=O)CC1(CCN(C(=O)OCc3ccccc3)CC1)C2.CC(C)(C)n1cc2c(n1)C(=O)CC1(CCNCC1)C2.Cl. The molecule has 7 rings (SSSR count). The van der Waals surface area contributed by atoms with Crippen LogP contribution >= 0.6 is 12.4 Å². The predicted octanol–water partition coefficient (Wildman–Crippen LogP) is 6.74. The monoisotopic (exact) mass is 692 g/mol. The van der Waals surface area contributed by atoms with Crippen molar-refractivity contribution in [3.05, 3.63) is 70.8 Å². The Morgan fingerprint density at radius 2 is 1.22 bits per heavy atom. The second-order valence-corrected chi connectivity index (χ2v) is 16.6. The molecule has 0 bridgehead atoms. The third-order valence-corrected chi connectivity index (χ3v) is 10.6. The van der Waals surface area contributed by atoms with Gasteiger partial charge in [0.15, 0.2) is 11.6 Å². The van der Waals surface area contributed by atoms with E-state index < -0.39 is 0 Å². The molecule has 2 saturated heterocycles. The van der Waals surface area contributed by atoms with Crippen molar-refractivity contribution < 1.29 is 19.1 Å². The minimum Gasteiger partial charge on any atom is -0.445 e. The summed E-state index contributed by atoms with van der Waals surface area (Å²) < 4.78 is 9.33. The first-order chi connectivity index (χ1) is 22.7. The summed E-state index contributed by atoms with van der Waals surface area (Å²) in [6.45, 7) is 16.2. The van der Waals surface area contributed by atoms with Gasteiger partial charge in [0.05, 0.1) is 11.1 Å². The van der Waals surface area contributed by atoms with Crippen LogP contribution in [0.1, 0.15) is 118 Å². The van der Waals surface area contributed by atoms with E-state index in [1.807, 2.05) is 45.9 Å². The summed E-state index contributed by atoms with van der Waals surface area (Å²) in [7, 11) is 0. The van der Waals surface area contributed by atoms with Gasteiger partial charge in [-0.05, 0) is 110 Å². The van der Waals surface area contributed by atoms with Gasteiger partial charge in [-0.25, -0.2) is 4.79 Å². The van der Waals surface area contributed by atoms with Crippen molar-refractivity contribution in [3.8, 4) is 0 Å². The summed E-state index contributed by atoms with van der Waals surface area (Å²) in [5.41, 5.74) is 4.48. The van der Waals surface area contributed by atoms with Gasteiger partial charge in [-0.3, -0.25) is 19.0 Å². The summed E-state index contributed by atoms with van der Waals surface area (Å²) in [6.07, 6.45) is 10.8. The van der Waals surface area contributed by atoms with E-state index in [0.717, 1.165) is 74.0 Å². The minimum atomic E-state index is -0.271. The summed E-state index contributed by atoms with van der Waals surface area (Å²) in [4.78, 5) is 39.4. The number of hydrogen-bond donors (Lipinski definition) is 1. The number of likely N-dealkylation sites (tertiary alicyclic amines) is 1. The van der Waals surface area contributed by atoms with E-state index in [1.54, 1.807) is 4.90 Å². The maximum absolute atomic E-state index is 12.8. The lowest BCUT2D eigenvalue weighted by Crippen LogP contribution is -2.46. The number of rotatable bonds is 2. The lowest BCUT2D eigenvalue weighted by molar-refractivity contribution is 0.0520. The Bertz CT molecular complexity index is 1650. The Labute approximate surface area is 296 Å². The molecule has 4 heterocycles. The number of nitrogens with zero attached hydrogens (tertiary/aromatic N) is 5. The van der Waals surface area contributed by atoms with Crippen molar-refractivity contribution in [1.82, 2.24) is 29.8 Å². The second-order valence-electron chi connectivity index (χ2n) is 16.6. The van der Waals surface area contributed by atoms with Crippen LogP contribution < -0.4 is 5.32 Å². The number of fused-ring (bicyclic) bond motifs is 2. The molecule has 1 aromatic carbocycles. The van der Waals surface area contributed by atoms with Crippen LogP contribution in [-0.2, 0) is 35.3 Å². The average molecular weight is 693 g/mol. The Morgan fingerprint density at radius 1 is 0.755 bits per heavy atom. The molecule has 11 heteroatoms. The van der Waals surface area contributed by atoms with Gasteiger partial charge in [-0.1, -0.05) is 30.3 Å². The van der Waals surface area contributed by atoms with Crippen LogP contribution in [-0.4, -0.2) is 68.3 Å². The van der Waals surface area contributed by atoms with Crippen LogP contribution in [0.25, 0.3) is 0 Å². The topological polar surface area (TPSA) is 111 Å². The van der Waals surface area contributed by atoms with Crippen LogP contribution in [0.4, 0.5) is 4.79 Å². The molecule has 266 valence electrons. The number of aromatic nitrogens is 4. The zero-order valence-electron chi connectivity index (χ0n) is 30.0. The fraction of sp³-hybridized carbons (Fsp3) is 0.605. The van der Waals surface area contributed by atoms with E-state index in [1.165, 1.54) is 0 Å². The van der Waals surface area contributed by atoms with Crippen LogP contribution in [0.3, 0.4) is 0 Å². The van der Waals surface area contributed by atoms with Gasteiger partial charge >= 0.3 is 6.09 Å². The van der Waals surface area contributed by atoms with E-state index in [4.69, 9.17) is 4.74 Å². The first-order valence-electron chi connectivity index (χ1n) is 17.6. The quantitative estimate of drug-likeness (QED) is 0.317. The molecular formula is C38H53ClN6O4. The highest BCUT2D eigenvalue weighted by atomic mass is 35.5. The van der Waals surface area contributed by atoms with Gasteiger partial charge in [0, 0.05) is 49.5 Å². The number of carbonyl (C=O) groups excluding carboxylic acids is 3. The summed E-state index contributed by atoms with van der Waals surface area (Å²) in [5.74, 6) is 0.375. The Kier molecular flexibility index (Phi) is 10.5. The Balaban J connectivity index is 0.000000203. The fourth-order valence-electron chi connectivity index (χ4n) is 7.65. The number of halogens is 1. The normalized spacial score (nSPS) is 19.8. The number of nitrogens with one attached hydrogen (secondary N) is 1. The van der Waals surface area contributed by atoms with Gasteiger partial charge in [0.25, 0.3) is 0 Å².